The molecule has 3 heterocycles. The Labute approximate surface area is 283 Å². The number of rotatable bonds is 11. The second kappa shape index (κ2) is 14.9. The van der Waals surface area contributed by atoms with Gasteiger partial charge < -0.3 is 24.3 Å². The van der Waals surface area contributed by atoms with Gasteiger partial charge in [-0.3, -0.25) is 24.0 Å². The lowest BCUT2D eigenvalue weighted by molar-refractivity contribution is -0.137. The third kappa shape index (κ3) is 7.84. The van der Waals surface area contributed by atoms with Crippen LogP contribution in [0.5, 0.6) is 23.0 Å². The molecule has 0 bridgehead atoms. The molecule has 0 aliphatic carbocycles. The first kappa shape index (κ1) is 34.3. The Kier molecular flexibility index (Phi) is 10.2. The fourth-order valence-corrected chi connectivity index (χ4v) is 5.34. The first-order valence-electron chi connectivity index (χ1n) is 15.5. The number of hydrogen-bond acceptors (Lipinski definition) is 9. The van der Waals surface area contributed by atoms with E-state index in [2.05, 4.69) is 20.2 Å². The number of benzene rings is 3. The number of fused-ring (bicyclic) bond motifs is 1. The molecule has 0 saturated carbocycles. The zero-order valence-electron chi connectivity index (χ0n) is 26.7. The first-order chi connectivity index (χ1) is 24.1. The molecule has 1 fully saturated rings. The van der Waals surface area contributed by atoms with Crippen LogP contribution in [-0.2, 0) is 10.9 Å². The summed E-state index contributed by atoms with van der Waals surface area (Å²) in [6.07, 6.45) is 0.152. The van der Waals surface area contributed by atoms with Crippen LogP contribution in [0.2, 0.25) is 0 Å². The number of anilines is 1. The Hall–Kier alpha value is -5.54. The minimum absolute atomic E-state index is 0.00245. The Morgan fingerprint density at radius 2 is 1.72 bits per heavy atom. The standard InChI is InChI=1S/C35H31F4N5O6/c1-47-30-20-25-27(21-31(30)49-16-2-12-43-14-17-48-18-15-43)40-10-9-28(25)50-29-8-5-23(19-26(29)36)42-33(45)32-34(46)44(13-11-41-32)24-6-3-22(4-7-24)35(37,38)39/h3-11,13,19-21H,2,12,14-18H2,1H3,(H,42,45). The highest BCUT2D eigenvalue weighted by Crippen LogP contribution is 2.38. The molecule has 1 N–H and O–H groups in total. The molecule has 15 heteroatoms. The molecule has 0 atom stereocenters. The van der Waals surface area contributed by atoms with Crippen molar-refractivity contribution in [2.45, 2.75) is 12.6 Å². The summed E-state index contributed by atoms with van der Waals surface area (Å²) in [6.45, 7) is 4.61. The van der Waals surface area contributed by atoms with Crippen LogP contribution in [-0.4, -0.2) is 71.9 Å². The number of amides is 1. The van der Waals surface area contributed by atoms with E-state index in [0.717, 1.165) is 80.4 Å². The Balaban J connectivity index is 1.14. The molecule has 50 heavy (non-hydrogen) atoms. The van der Waals surface area contributed by atoms with Crippen molar-refractivity contribution in [3.05, 3.63) is 107 Å². The lowest BCUT2D eigenvalue weighted by atomic mass is 10.1. The normalized spacial score (nSPS) is 13.6. The third-order valence-electron chi connectivity index (χ3n) is 7.91. The van der Waals surface area contributed by atoms with Crippen LogP contribution in [0.25, 0.3) is 16.6 Å². The number of morpholine rings is 1. The smallest absolute Gasteiger partial charge is 0.416 e. The molecular weight excluding hydrogens is 662 g/mol. The number of nitrogens with zero attached hydrogens (tertiary/aromatic N) is 4. The maximum Gasteiger partial charge on any atom is 0.416 e. The lowest BCUT2D eigenvalue weighted by Crippen LogP contribution is -2.37. The summed E-state index contributed by atoms with van der Waals surface area (Å²) < 4.78 is 78.0. The summed E-state index contributed by atoms with van der Waals surface area (Å²) in [5.41, 5.74) is -1.69. The van der Waals surface area contributed by atoms with E-state index in [1.54, 1.807) is 18.2 Å². The number of alkyl halides is 3. The highest BCUT2D eigenvalue weighted by atomic mass is 19.4. The van der Waals surface area contributed by atoms with Crippen molar-refractivity contribution in [3.8, 4) is 28.7 Å². The highest BCUT2D eigenvalue weighted by molar-refractivity contribution is 6.02. The largest absolute Gasteiger partial charge is 0.493 e. The topological polar surface area (TPSA) is 117 Å². The summed E-state index contributed by atoms with van der Waals surface area (Å²) in [7, 11) is 1.51. The molecule has 3 aromatic carbocycles. The van der Waals surface area contributed by atoms with Crippen molar-refractivity contribution < 1.29 is 41.3 Å². The summed E-state index contributed by atoms with van der Waals surface area (Å²) in [4.78, 5) is 36.5. The molecule has 1 saturated heterocycles. The zero-order valence-corrected chi connectivity index (χ0v) is 26.7. The van der Waals surface area contributed by atoms with Crippen LogP contribution in [0.4, 0.5) is 23.2 Å². The molecule has 0 unspecified atom stereocenters. The van der Waals surface area contributed by atoms with E-state index in [1.165, 1.54) is 31.6 Å². The molecule has 260 valence electrons. The van der Waals surface area contributed by atoms with Crippen LogP contribution in [0.3, 0.4) is 0 Å². The summed E-state index contributed by atoms with van der Waals surface area (Å²) in [5.74, 6) is -0.663. The number of nitrogens with one attached hydrogen (secondary N) is 1. The third-order valence-corrected chi connectivity index (χ3v) is 7.91. The maximum atomic E-state index is 15.3. The molecule has 5 aromatic rings. The van der Waals surface area contributed by atoms with Crippen LogP contribution < -0.4 is 25.1 Å². The van der Waals surface area contributed by atoms with Gasteiger partial charge in [0.15, 0.2) is 28.8 Å². The fourth-order valence-electron chi connectivity index (χ4n) is 5.34. The van der Waals surface area contributed by atoms with Gasteiger partial charge in [-0.25, -0.2) is 9.37 Å². The average Bonchev–Trinajstić information content (AvgIpc) is 3.11. The number of pyridine rings is 1. The Morgan fingerprint density at radius 3 is 2.44 bits per heavy atom. The molecule has 2 aromatic heterocycles. The van der Waals surface area contributed by atoms with Gasteiger partial charge >= 0.3 is 6.18 Å². The number of carbonyl (C=O) groups is 1. The number of halogens is 4. The van der Waals surface area contributed by atoms with Gasteiger partial charge in [0.2, 0.25) is 0 Å². The summed E-state index contributed by atoms with van der Waals surface area (Å²) in [6, 6.07) is 12.5. The quantitative estimate of drug-likeness (QED) is 0.130. The highest BCUT2D eigenvalue weighted by Gasteiger charge is 2.30. The van der Waals surface area contributed by atoms with E-state index >= 15 is 4.39 Å². The van der Waals surface area contributed by atoms with E-state index in [-0.39, 0.29) is 17.1 Å². The van der Waals surface area contributed by atoms with E-state index in [9.17, 15) is 22.8 Å². The fraction of sp³-hybridized carbons (Fsp3) is 0.257. The zero-order chi connectivity index (χ0) is 35.3. The lowest BCUT2D eigenvalue weighted by Gasteiger charge is -2.26. The minimum Gasteiger partial charge on any atom is -0.493 e. The number of hydrogen-bond donors (Lipinski definition) is 1. The van der Waals surface area contributed by atoms with E-state index in [0.29, 0.717) is 34.8 Å². The molecule has 0 radical (unpaired) electrons. The number of carbonyl (C=O) groups excluding carboxylic acids is 1. The maximum absolute atomic E-state index is 15.3. The predicted molar refractivity (Wildman–Crippen MR) is 175 cm³/mol. The van der Waals surface area contributed by atoms with Crippen molar-refractivity contribution in [2.75, 3.05) is 51.9 Å². The van der Waals surface area contributed by atoms with Gasteiger partial charge in [0.1, 0.15) is 5.75 Å². The Bertz CT molecular complexity index is 2050. The van der Waals surface area contributed by atoms with Crippen molar-refractivity contribution >= 4 is 22.5 Å². The van der Waals surface area contributed by atoms with Gasteiger partial charge in [0.05, 0.1) is 38.0 Å². The van der Waals surface area contributed by atoms with E-state index in [1.807, 2.05) is 0 Å². The average molecular weight is 694 g/mol. The van der Waals surface area contributed by atoms with Gasteiger partial charge in [-0.2, -0.15) is 13.2 Å². The van der Waals surface area contributed by atoms with Gasteiger partial charge in [-0.05, 0) is 55.0 Å². The predicted octanol–water partition coefficient (Wildman–Crippen LogP) is 6.09. The molecule has 1 aliphatic rings. The van der Waals surface area contributed by atoms with Crippen LogP contribution >= 0.6 is 0 Å². The number of aromatic nitrogens is 3. The van der Waals surface area contributed by atoms with Crippen LogP contribution in [0.15, 0.2) is 84.0 Å². The minimum atomic E-state index is -4.55. The Morgan fingerprint density at radius 1 is 0.940 bits per heavy atom. The van der Waals surface area contributed by atoms with Crippen molar-refractivity contribution in [2.24, 2.45) is 0 Å². The monoisotopic (exact) mass is 693 g/mol. The van der Waals surface area contributed by atoms with Crippen molar-refractivity contribution in [1.82, 2.24) is 19.4 Å². The van der Waals surface area contributed by atoms with Gasteiger partial charge in [0, 0.05) is 67.1 Å². The molecule has 0 spiro atoms. The van der Waals surface area contributed by atoms with E-state index < -0.39 is 34.7 Å². The van der Waals surface area contributed by atoms with Gasteiger partial charge in [-0.15, -0.1) is 0 Å². The molecule has 11 nitrogen and oxygen atoms in total. The van der Waals surface area contributed by atoms with Gasteiger partial charge in [-0.1, -0.05) is 0 Å². The van der Waals surface area contributed by atoms with E-state index in [4.69, 9.17) is 18.9 Å². The summed E-state index contributed by atoms with van der Waals surface area (Å²) >= 11 is 0. The molecule has 6 rings (SSSR count). The molecular formula is C35H31F4N5O6. The number of ether oxygens (including phenoxy) is 4. The first-order valence-corrected chi connectivity index (χ1v) is 15.5. The SMILES string of the molecule is COc1cc2c(Oc3ccc(NC(=O)c4nccn(-c5ccc(C(F)(F)F)cc5)c4=O)cc3F)ccnc2cc1OCCCN1CCOCC1. The molecule has 1 amide bonds. The summed E-state index contributed by atoms with van der Waals surface area (Å²) in [5, 5.41) is 2.96. The van der Waals surface area contributed by atoms with Crippen LogP contribution in [0.1, 0.15) is 22.5 Å². The van der Waals surface area contributed by atoms with Crippen molar-refractivity contribution in [3.63, 3.8) is 0 Å². The van der Waals surface area contributed by atoms with Crippen LogP contribution in [0, 0.1) is 5.82 Å². The van der Waals surface area contributed by atoms with Gasteiger partial charge in [0.25, 0.3) is 11.5 Å². The second-order valence-electron chi connectivity index (χ2n) is 11.2. The second-order valence-corrected chi connectivity index (χ2v) is 11.2. The molecule has 1 aliphatic heterocycles. The van der Waals surface area contributed by atoms with Crippen molar-refractivity contribution in [1.29, 1.82) is 0 Å². The number of methoxy groups -OCH3 is 1.